The zero-order valence-electron chi connectivity index (χ0n) is 9.84. The zero-order valence-corrected chi connectivity index (χ0v) is 9.84. The van der Waals surface area contributed by atoms with Gasteiger partial charge in [0.1, 0.15) is 0 Å². The SMILES string of the molecule is CCCC(NC)c1ccc2c(c1)CCC2. The van der Waals surface area contributed by atoms with E-state index in [0.717, 1.165) is 0 Å². The molecule has 1 aliphatic rings. The standard InChI is InChI=1S/C14H21N/c1-3-5-14(15-2)13-9-8-11-6-4-7-12(11)10-13/h8-10,14-15H,3-7H2,1-2H3. The van der Waals surface area contributed by atoms with Crippen molar-refractivity contribution < 1.29 is 0 Å². The molecule has 1 heteroatoms. The molecule has 1 N–H and O–H groups in total. The lowest BCUT2D eigenvalue weighted by atomic mass is 9.98. The minimum atomic E-state index is 0.542. The lowest BCUT2D eigenvalue weighted by Gasteiger charge is -2.16. The van der Waals surface area contributed by atoms with Gasteiger partial charge in [0.25, 0.3) is 0 Å². The Morgan fingerprint density at radius 2 is 2.07 bits per heavy atom. The van der Waals surface area contributed by atoms with Gasteiger partial charge in [-0.05, 0) is 49.4 Å². The monoisotopic (exact) mass is 203 g/mol. The lowest BCUT2D eigenvalue weighted by Crippen LogP contribution is -2.16. The molecule has 1 nitrogen and oxygen atoms in total. The molecule has 0 aromatic heterocycles. The Labute approximate surface area is 92.9 Å². The highest BCUT2D eigenvalue weighted by Crippen LogP contribution is 2.26. The van der Waals surface area contributed by atoms with Crippen molar-refractivity contribution in [3.05, 3.63) is 34.9 Å². The van der Waals surface area contributed by atoms with Gasteiger partial charge in [-0.2, -0.15) is 0 Å². The predicted molar refractivity (Wildman–Crippen MR) is 65.2 cm³/mol. The van der Waals surface area contributed by atoms with E-state index in [1.807, 2.05) is 0 Å². The Hall–Kier alpha value is -0.820. The van der Waals surface area contributed by atoms with E-state index in [-0.39, 0.29) is 0 Å². The molecule has 0 bridgehead atoms. The maximum Gasteiger partial charge on any atom is 0.0317 e. The highest BCUT2D eigenvalue weighted by atomic mass is 14.9. The van der Waals surface area contributed by atoms with Gasteiger partial charge in [-0.1, -0.05) is 31.5 Å². The first-order valence-electron chi connectivity index (χ1n) is 6.14. The van der Waals surface area contributed by atoms with E-state index < -0.39 is 0 Å². The minimum absolute atomic E-state index is 0.542. The van der Waals surface area contributed by atoms with Crippen LogP contribution in [0.25, 0.3) is 0 Å². The van der Waals surface area contributed by atoms with Gasteiger partial charge in [0, 0.05) is 6.04 Å². The van der Waals surface area contributed by atoms with Gasteiger partial charge >= 0.3 is 0 Å². The summed E-state index contributed by atoms with van der Waals surface area (Å²) in [6.07, 6.45) is 6.38. The fourth-order valence-corrected chi connectivity index (χ4v) is 2.57. The topological polar surface area (TPSA) is 12.0 Å². The lowest BCUT2D eigenvalue weighted by molar-refractivity contribution is 0.541. The Kier molecular flexibility index (Phi) is 3.42. The van der Waals surface area contributed by atoms with E-state index in [1.54, 1.807) is 11.1 Å². The van der Waals surface area contributed by atoms with Crippen LogP contribution in [-0.2, 0) is 12.8 Å². The molecule has 1 aromatic carbocycles. The molecule has 2 rings (SSSR count). The Morgan fingerprint density at radius 3 is 2.80 bits per heavy atom. The molecule has 1 aromatic rings. The van der Waals surface area contributed by atoms with Crippen molar-refractivity contribution in [2.75, 3.05) is 7.05 Å². The van der Waals surface area contributed by atoms with Gasteiger partial charge in [-0.3, -0.25) is 0 Å². The van der Waals surface area contributed by atoms with E-state index in [1.165, 1.54) is 37.7 Å². The quantitative estimate of drug-likeness (QED) is 0.792. The summed E-state index contributed by atoms with van der Waals surface area (Å²) < 4.78 is 0. The number of nitrogens with one attached hydrogen (secondary N) is 1. The Morgan fingerprint density at radius 1 is 1.27 bits per heavy atom. The van der Waals surface area contributed by atoms with Crippen molar-refractivity contribution >= 4 is 0 Å². The van der Waals surface area contributed by atoms with Crippen LogP contribution < -0.4 is 5.32 Å². The first-order chi connectivity index (χ1) is 7.35. The normalized spacial score (nSPS) is 16.4. The molecule has 0 saturated heterocycles. The number of rotatable bonds is 4. The average molecular weight is 203 g/mol. The molecular formula is C14H21N. The number of hydrogen-bond acceptors (Lipinski definition) is 1. The maximum atomic E-state index is 3.41. The van der Waals surface area contributed by atoms with Crippen molar-refractivity contribution in [1.82, 2.24) is 5.32 Å². The van der Waals surface area contributed by atoms with E-state index >= 15 is 0 Å². The molecular weight excluding hydrogens is 182 g/mol. The van der Waals surface area contributed by atoms with Crippen molar-refractivity contribution in [1.29, 1.82) is 0 Å². The van der Waals surface area contributed by atoms with Crippen LogP contribution in [-0.4, -0.2) is 7.05 Å². The fraction of sp³-hybridized carbons (Fsp3) is 0.571. The molecule has 0 spiro atoms. The van der Waals surface area contributed by atoms with Crippen LogP contribution >= 0.6 is 0 Å². The third-order valence-electron chi connectivity index (χ3n) is 3.45. The van der Waals surface area contributed by atoms with E-state index in [4.69, 9.17) is 0 Å². The first-order valence-corrected chi connectivity index (χ1v) is 6.14. The van der Waals surface area contributed by atoms with E-state index in [0.29, 0.717) is 6.04 Å². The highest BCUT2D eigenvalue weighted by Gasteiger charge is 2.14. The summed E-state index contributed by atoms with van der Waals surface area (Å²) >= 11 is 0. The largest absolute Gasteiger partial charge is 0.313 e. The predicted octanol–water partition coefficient (Wildman–Crippen LogP) is 3.24. The van der Waals surface area contributed by atoms with Crippen LogP contribution in [0.5, 0.6) is 0 Å². The van der Waals surface area contributed by atoms with Gasteiger partial charge in [-0.25, -0.2) is 0 Å². The maximum absolute atomic E-state index is 3.41. The van der Waals surface area contributed by atoms with Gasteiger partial charge in [-0.15, -0.1) is 0 Å². The van der Waals surface area contributed by atoms with E-state index in [2.05, 4.69) is 37.5 Å². The van der Waals surface area contributed by atoms with Crippen LogP contribution in [0.3, 0.4) is 0 Å². The molecule has 0 saturated carbocycles. The Bertz CT molecular complexity index is 330. The molecule has 15 heavy (non-hydrogen) atoms. The molecule has 0 fully saturated rings. The second kappa shape index (κ2) is 4.80. The van der Waals surface area contributed by atoms with Crippen LogP contribution in [0.1, 0.15) is 48.9 Å². The van der Waals surface area contributed by atoms with Crippen molar-refractivity contribution in [3.63, 3.8) is 0 Å². The summed E-state index contributed by atoms with van der Waals surface area (Å²) in [5.41, 5.74) is 4.63. The number of fused-ring (bicyclic) bond motifs is 1. The van der Waals surface area contributed by atoms with Gasteiger partial charge < -0.3 is 5.32 Å². The molecule has 0 radical (unpaired) electrons. The van der Waals surface area contributed by atoms with Gasteiger partial charge in [0.05, 0.1) is 0 Å². The van der Waals surface area contributed by atoms with Crippen LogP contribution in [0.4, 0.5) is 0 Å². The summed E-state index contributed by atoms with van der Waals surface area (Å²) in [5.74, 6) is 0. The molecule has 82 valence electrons. The van der Waals surface area contributed by atoms with Crippen molar-refractivity contribution in [2.24, 2.45) is 0 Å². The fourth-order valence-electron chi connectivity index (χ4n) is 2.57. The highest BCUT2D eigenvalue weighted by molar-refractivity contribution is 5.36. The molecule has 0 aliphatic heterocycles. The molecule has 0 amide bonds. The zero-order chi connectivity index (χ0) is 10.7. The summed E-state index contributed by atoms with van der Waals surface area (Å²) in [6.45, 7) is 2.25. The molecule has 1 aliphatic carbocycles. The molecule has 1 atom stereocenters. The second-order valence-electron chi connectivity index (χ2n) is 4.51. The number of aryl methyl sites for hydroxylation is 2. The first kappa shape index (κ1) is 10.7. The summed E-state index contributed by atoms with van der Waals surface area (Å²) in [4.78, 5) is 0. The van der Waals surface area contributed by atoms with Crippen molar-refractivity contribution in [3.8, 4) is 0 Å². The van der Waals surface area contributed by atoms with E-state index in [9.17, 15) is 0 Å². The molecule has 0 heterocycles. The third kappa shape index (κ3) is 2.23. The minimum Gasteiger partial charge on any atom is -0.313 e. The van der Waals surface area contributed by atoms with Crippen molar-refractivity contribution in [2.45, 2.75) is 45.1 Å². The number of hydrogen-bond donors (Lipinski definition) is 1. The smallest absolute Gasteiger partial charge is 0.0317 e. The second-order valence-corrected chi connectivity index (χ2v) is 4.51. The third-order valence-corrected chi connectivity index (χ3v) is 3.45. The summed E-state index contributed by atoms with van der Waals surface area (Å²) in [7, 11) is 2.06. The van der Waals surface area contributed by atoms with Crippen LogP contribution in [0, 0.1) is 0 Å². The summed E-state index contributed by atoms with van der Waals surface area (Å²) in [5, 5.41) is 3.41. The molecule has 1 unspecified atom stereocenters. The van der Waals surface area contributed by atoms with Gasteiger partial charge in [0.15, 0.2) is 0 Å². The number of benzene rings is 1. The van der Waals surface area contributed by atoms with Crippen LogP contribution in [0.2, 0.25) is 0 Å². The average Bonchev–Trinajstić information content (AvgIpc) is 2.72. The van der Waals surface area contributed by atoms with Crippen LogP contribution in [0.15, 0.2) is 18.2 Å². The Balaban J connectivity index is 2.20. The summed E-state index contributed by atoms with van der Waals surface area (Å²) in [6, 6.07) is 7.60. The van der Waals surface area contributed by atoms with Gasteiger partial charge in [0.2, 0.25) is 0 Å².